The van der Waals surface area contributed by atoms with Gasteiger partial charge < -0.3 is 13.0 Å². The van der Waals surface area contributed by atoms with Crippen LogP contribution in [0.4, 0.5) is 13.2 Å². The van der Waals surface area contributed by atoms with Crippen molar-refractivity contribution in [2.75, 3.05) is 0 Å². The molecule has 2 atom stereocenters. The second-order valence-corrected chi connectivity index (χ2v) is 21.2. The van der Waals surface area contributed by atoms with Crippen LogP contribution in [0.5, 0.6) is 17.2 Å². The highest BCUT2D eigenvalue weighted by Gasteiger charge is 2.49. The van der Waals surface area contributed by atoms with Gasteiger partial charge in [-0.05, 0) is 71.9 Å². The molecule has 2 rings (SSSR count). The monoisotopic (exact) mass is 536 g/mol. The van der Waals surface area contributed by atoms with Crippen LogP contribution in [-0.4, -0.2) is 30.6 Å². The summed E-state index contributed by atoms with van der Waals surface area (Å²) in [5.41, 5.74) is -2.71. The normalized spacial score (nSPS) is 19.9. The molecule has 0 saturated heterocycles. The van der Waals surface area contributed by atoms with Crippen molar-refractivity contribution in [2.45, 2.75) is 77.4 Å². The Morgan fingerprint density at radius 1 is 1.03 bits per heavy atom. The Bertz CT molecular complexity index is 1030. The van der Waals surface area contributed by atoms with E-state index in [0.29, 0.717) is 5.56 Å². The Kier molecular flexibility index (Phi) is 8.16. The van der Waals surface area contributed by atoms with Crippen LogP contribution in [0.15, 0.2) is 35.9 Å². The maximum Gasteiger partial charge on any atom is 0.534 e. The van der Waals surface area contributed by atoms with Crippen molar-refractivity contribution < 1.29 is 34.6 Å². The minimum Gasteiger partial charge on any atom is -0.544 e. The molecule has 5 nitrogen and oxygen atoms in total. The van der Waals surface area contributed by atoms with Gasteiger partial charge >= 0.3 is 15.6 Å². The first-order valence-corrected chi connectivity index (χ1v) is 19.3. The molecule has 1 aromatic carbocycles. The number of hydrogen-bond donors (Lipinski definition) is 0. The summed E-state index contributed by atoms with van der Waals surface area (Å²) in [4.78, 5) is 0. The summed E-state index contributed by atoms with van der Waals surface area (Å²) in [7, 11) is -10.4. The molecular weight excluding hydrogens is 501 g/mol. The molecule has 0 bridgehead atoms. The number of benzene rings is 1. The third kappa shape index (κ3) is 7.38. The van der Waals surface area contributed by atoms with E-state index in [4.69, 9.17) is 8.85 Å². The first kappa shape index (κ1) is 28.5. The lowest BCUT2D eigenvalue weighted by Crippen LogP contribution is -2.33. The van der Waals surface area contributed by atoms with Crippen molar-refractivity contribution in [3.05, 3.63) is 41.5 Å². The molecule has 0 heterocycles. The Morgan fingerprint density at radius 2 is 1.50 bits per heavy atom. The second-order valence-electron chi connectivity index (χ2n) is 10.8. The largest absolute Gasteiger partial charge is 0.544 e. The van der Waals surface area contributed by atoms with E-state index in [9.17, 15) is 21.6 Å². The van der Waals surface area contributed by atoms with Crippen molar-refractivity contribution in [1.29, 1.82) is 0 Å². The molecular formula is C23H35F3O5SSi2. The fourth-order valence-corrected chi connectivity index (χ4v) is 5.96. The van der Waals surface area contributed by atoms with Gasteiger partial charge in [-0.3, -0.25) is 0 Å². The van der Waals surface area contributed by atoms with E-state index in [0.717, 1.165) is 18.4 Å². The number of allylic oxidation sites excluding steroid dienone is 3. The van der Waals surface area contributed by atoms with Crippen LogP contribution in [0, 0.1) is 5.92 Å². The summed E-state index contributed by atoms with van der Waals surface area (Å²) < 4.78 is 79.7. The van der Waals surface area contributed by atoms with E-state index in [-0.39, 0.29) is 23.3 Å². The quantitative estimate of drug-likeness (QED) is 0.150. The molecule has 0 N–H and O–H groups in total. The first-order chi connectivity index (χ1) is 15.2. The van der Waals surface area contributed by atoms with Crippen LogP contribution < -0.4 is 13.0 Å². The van der Waals surface area contributed by atoms with Gasteiger partial charge in [0.1, 0.15) is 17.2 Å². The fourth-order valence-electron chi connectivity index (χ4n) is 3.86. The molecule has 0 unspecified atom stereocenters. The molecule has 1 aromatic rings. The van der Waals surface area contributed by atoms with Crippen LogP contribution >= 0.6 is 0 Å². The topological polar surface area (TPSA) is 61.8 Å². The lowest BCUT2D eigenvalue weighted by Gasteiger charge is -2.35. The predicted octanol–water partition coefficient (Wildman–Crippen LogP) is 7.36. The lowest BCUT2D eigenvalue weighted by atomic mass is 9.74. The van der Waals surface area contributed by atoms with Crippen LogP contribution in [-0.2, 0) is 10.1 Å². The summed E-state index contributed by atoms with van der Waals surface area (Å²) in [5, 5.41) is 0. The van der Waals surface area contributed by atoms with Gasteiger partial charge in [-0.1, -0.05) is 23.8 Å². The van der Waals surface area contributed by atoms with Gasteiger partial charge in [0.05, 0.1) is 0 Å². The van der Waals surface area contributed by atoms with Crippen molar-refractivity contribution in [3.8, 4) is 17.2 Å². The zero-order chi connectivity index (χ0) is 26.3. The van der Waals surface area contributed by atoms with E-state index in [1.165, 1.54) is 17.7 Å². The van der Waals surface area contributed by atoms with E-state index in [1.807, 2.05) is 53.1 Å². The summed E-state index contributed by atoms with van der Waals surface area (Å²) >= 11 is 0. The Morgan fingerprint density at radius 3 is 1.88 bits per heavy atom. The zero-order valence-corrected chi connectivity index (χ0v) is 23.9. The molecule has 11 heteroatoms. The number of halogens is 3. The number of hydrogen-bond acceptors (Lipinski definition) is 5. The summed E-state index contributed by atoms with van der Waals surface area (Å²) in [6.45, 7) is 19.8. The van der Waals surface area contributed by atoms with Gasteiger partial charge in [0, 0.05) is 23.6 Å². The third-order valence-corrected chi connectivity index (χ3v) is 7.76. The van der Waals surface area contributed by atoms with Gasteiger partial charge in [-0.15, -0.1) is 0 Å². The molecule has 0 fully saturated rings. The van der Waals surface area contributed by atoms with Crippen molar-refractivity contribution in [3.63, 3.8) is 0 Å². The van der Waals surface area contributed by atoms with Gasteiger partial charge in [0.2, 0.25) is 16.6 Å². The Labute approximate surface area is 203 Å². The van der Waals surface area contributed by atoms with Crippen LogP contribution in [0.25, 0.3) is 0 Å². The van der Waals surface area contributed by atoms with E-state index in [1.54, 1.807) is 0 Å². The van der Waals surface area contributed by atoms with Crippen molar-refractivity contribution >= 4 is 26.8 Å². The van der Waals surface area contributed by atoms with E-state index < -0.39 is 38.0 Å². The molecule has 0 aromatic heterocycles. The van der Waals surface area contributed by atoms with E-state index in [2.05, 4.69) is 16.8 Å². The highest BCUT2D eigenvalue weighted by Crippen LogP contribution is 2.49. The molecule has 0 aliphatic heterocycles. The molecule has 1 aliphatic carbocycles. The summed E-state index contributed by atoms with van der Waals surface area (Å²) in [6.07, 6.45) is 3.90. The highest BCUT2D eigenvalue weighted by molar-refractivity contribution is 7.88. The average Bonchev–Trinajstić information content (AvgIpc) is 2.56. The number of rotatable bonds is 8. The van der Waals surface area contributed by atoms with Crippen molar-refractivity contribution in [1.82, 2.24) is 0 Å². The lowest BCUT2D eigenvalue weighted by molar-refractivity contribution is -0.0500. The van der Waals surface area contributed by atoms with Gasteiger partial charge in [0.25, 0.3) is 0 Å². The first-order valence-electron chi connectivity index (χ1n) is 11.1. The second kappa shape index (κ2) is 9.73. The average molecular weight is 537 g/mol. The highest BCUT2D eigenvalue weighted by atomic mass is 32.2. The van der Waals surface area contributed by atoms with Gasteiger partial charge in [0.15, 0.2) is 0 Å². The molecule has 192 valence electrons. The Hall–Kier alpha value is -1.73. The molecule has 0 saturated carbocycles. The van der Waals surface area contributed by atoms with Gasteiger partial charge in [-0.25, -0.2) is 0 Å². The van der Waals surface area contributed by atoms with Crippen molar-refractivity contribution in [2.24, 2.45) is 5.92 Å². The molecule has 0 amide bonds. The van der Waals surface area contributed by atoms with Gasteiger partial charge in [-0.2, -0.15) is 21.6 Å². The summed E-state index contributed by atoms with van der Waals surface area (Å²) in [5.74, 6) is -0.0421. The minimum atomic E-state index is -5.86. The minimum absolute atomic E-state index is 0.0716. The standard InChI is InChI=1S/C23H35F3O5SSi2/c1-15(2)18-11-10-16(3)12-19(18)22-20(30-33(4,5)6)13-17(14-21(22)31-34(7,8)9)29-32(27,28)23(24,25)26/h12-14,18-19H,1,10-11H2,2-9H3/t18-,19-/m0/s1. The summed E-state index contributed by atoms with van der Waals surface area (Å²) in [6, 6.07) is 2.47. The predicted molar refractivity (Wildman–Crippen MR) is 134 cm³/mol. The van der Waals surface area contributed by atoms with E-state index >= 15 is 0 Å². The third-order valence-electron chi connectivity index (χ3n) is 5.11. The molecule has 34 heavy (non-hydrogen) atoms. The van der Waals surface area contributed by atoms with Crippen LogP contribution in [0.1, 0.15) is 38.2 Å². The maximum atomic E-state index is 13.0. The molecule has 0 spiro atoms. The van der Waals surface area contributed by atoms with Crippen LogP contribution in [0.3, 0.4) is 0 Å². The zero-order valence-electron chi connectivity index (χ0n) is 21.1. The molecule has 0 radical (unpaired) electrons. The van der Waals surface area contributed by atoms with Crippen LogP contribution in [0.2, 0.25) is 39.3 Å². The SMILES string of the molecule is C=C(C)[C@@H]1CCC(C)=C[C@@H]1c1c(O[Si](C)(C)C)cc(OS(=O)(=O)C(F)(F)F)cc1O[Si](C)(C)C. The Balaban J connectivity index is 2.85. The maximum absolute atomic E-state index is 13.0. The fraction of sp³-hybridized carbons (Fsp3) is 0.565. The number of alkyl halides is 3. The molecule has 1 aliphatic rings. The smallest absolute Gasteiger partial charge is 0.534 e.